The van der Waals surface area contributed by atoms with E-state index in [1.807, 2.05) is 50.8 Å². The van der Waals surface area contributed by atoms with Crippen LogP contribution >= 0.6 is 0 Å². The van der Waals surface area contributed by atoms with E-state index in [4.69, 9.17) is 0 Å². The first-order valence-corrected chi connectivity index (χ1v) is 8.71. The molecule has 0 spiro atoms. The minimum atomic E-state index is -0.337. The van der Waals surface area contributed by atoms with Crippen LogP contribution in [0.2, 0.25) is 0 Å². The zero-order valence-corrected chi connectivity index (χ0v) is 15.5. The average molecular weight is 333 g/mol. The molecule has 0 aliphatic heterocycles. The van der Waals surface area contributed by atoms with Crippen molar-refractivity contribution >= 4 is 11.8 Å². The number of amides is 2. The van der Waals surface area contributed by atoms with Gasteiger partial charge in [0, 0.05) is 12.6 Å². The minimum absolute atomic E-state index is 0.0445. The van der Waals surface area contributed by atoms with E-state index >= 15 is 0 Å². The van der Waals surface area contributed by atoms with Crippen molar-refractivity contribution in [2.75, 3.05) is 19.6 Å². The number of benzene rings is 1. The average Bonchev–Trinajstić information content (AvgIpc) is 2.56. The predicted octanol–water partition coefficient (Wildman–Crippen LogP) is 2.14. The fraction of sp³-hybridized carbons (Fsp3) is 0.579. The fourth-order valence-corrected chi connectivity index (χ4v) is 2.54. The summed E-state index contributed by atoms with van der Waals surface area (Å²) in [7, 11) is 0. The van der Waals surface area contributed by atoms with E-state index in [2.05, 4.69) is 29.7 Å². The van der Waals surface area contributed by atoms with Gasteiger partial charge in [-0.25, -0.2) is 0 Å². The molecule has 0 saturated heterocycles. The van der Waals surface area contributed by atoms with Crippen LogP contribution in [0.25, 0.3) is 0 Å². The smallest absolute Gasteiger partial charge is 0.237 e. The van der Waals surface area contributed by atoms with Gasteiger partial charge in [0.1, 0.15) is 0 Å². The van der Waals surface area contributed by atoms with Gasteiger partial charge < -0.3 is 10.6 Å². The van der Waals surface area contributed by atoms with Gasteiger partial charge in [-0.05, 0) is 38.8 Å². The number of hydrogen-bond donors (Lipinski definition) is 2. The first-order chi connectivity index (χ1) is 11.3. The summed E-state index contributed by atoms with van der Waals surface area (Å²) in [6.07, 6.45) is 0. The molecule has 0 saturated carbocycles. The summed E-state index contributed by atoms with van der Waals surface area (Å²) in [5.41, 5.74) is 1.20. The Balaban J connectivity index is 2.51. The second-order valence-electron chi connectivity index (χ2n) is 6.52. The van der Waals surface area contributed by atoms with Crippen molar-refractivity contribution in [2.45, 2.75) is 52.6 Å². The first kappa shape index (κ1) is 20.2. The molecule has 5 nitrogen and oxygen atoms in total. The van der Waals surface area contributed by atoms with E-state index in [-0.39, 0.29) is 36.4 Å². The molecule has 2 unspecified atom stereocenters. The van der Waals surface area contributed by atoms with Crippen molar-refractivity contribution in [3.05, 3.63) is 35.9 Å². The lowest BCUT2D eigenvalue weighted by molar-refractivity contribution is -0.128. The van der Waals surface area contributed by atoms with Gasteiger partial charge in [-0.2, -0.15) is 0 Å². The van der Waals surface area contributed by atoms with E-state index in [1.54, 1.807) is 0 Å². The molecule has 24 heavy (non-hydrogen) atoms. The Labute approximate surface area is 145 Å². The molecule has 0 aromatic heterocycles. The zero-order valence-electron chi connectivity index (χ0n) is 15.5. The molecule has 0 heterocycles. The lowest BCUT2D eigenvalue weighted by atomic mass is 10.0. The van der Waals surface area contributed by atoms with Gasteiger partial charge in [0.05, 0.1) is 12.6 Å². The van der Waals surface area contributed by atoms with Crippen molar-refractivity contribution in [1.82, 2.24) is 15.5 Å². The third-order valence-electron chi connectivity index (χ3n) is 4.08. The van der Waals surface area contributed by atoms with Crippen molar-refractivity contribution in [3.63, 3.8) is 0 Å². The van der Waals surface area contributed by atoms with Gasteiger partial charge in [-0.15, -0.1) is 0 Å². The monoisotopic (exact) mass is 333 g/mol. The van der Waals surface area contributed by atoms with E-state index in [0.29, 0.717) is 13.1 Å². The highest BCUT2D eigenvalue weighted by atomic mass is 16.2. The molecule has 0 aliphatic rings. The molecule has 5 heteroatoms. The van der Waals surface area contributed by atoms with Crippen molar-refractivity contribution < 1.29 is 9.59 Å². The fourth-order valence-electron chi connectivity index (χ4n) is 2.54. The first-order valence-electron chi connectivity index (χ1n) is 8.71. The normalized spacial score (nSPS) is 13.6. The molecule has 2 N–H and O–H groups in total. The molecule has 2 atom stereocenters. The Kier molecular flexibility index (Phi) is 8.47. The van der Waals surface area contributed by atoms with Gasteiger partial charge in [-0.1, -0.05) is 44.2 Å². The third kappa shape index (κ3) is 6.71. The number of likely N-dealkylation sites (N-methyl/N-ethyl adjacent to an activating group) is 1. The molecule has 1 aromatic rings. The van der Waals surface area contributed by atoms with Crippen LogP contribution in [0.4, 0.5) is 0 Å². The van der Waals surface area contributed by atoms with Crippen molar-refractivity contribution in [1.29, 1.82) is 0 Å². The molecule has 1 aromatic carbocycles. The molecular weight excluding hydrogens is 302 g/mol. The number of rotatable bonds is 9. The van der Waals surface area contributed by atoms with Crippen LogP contribution < -0.4 is 10.6 Å². The van der Waals surface area contributed by atoms with Crippen LogP contribution in [0.3, 0.4) is 0 Å². The standard InChI is InChI=1S/C19H31N3O2/c1-6-22(13-18(23)21-14(2)3)16(5)19(24)20-12-15(4)17-10-8-7-9-11-17/h7-11,14-16H,6,12-13H2,1-5H3,(H,20,24)(H,21,23). The summed E-state index contributed by atoms with van der Waals surface area (Å²) >= 11 is 0. The summed E-state index contributed by atoms with van der Waals surface area (Å²) in [5.74, 6) is 0.155. The highest BCUT2D eigenvalue weighted by Gasteiger charge is 2.22. The quantitative estimate of drug-likeness (QED) is 0.728. The van der Waals surface area contributed by atoms with E-state index in [0.717, 1.165) is 0 Å². The number of carbonyl (C=O) groups is 2. The van der Waals surface area contributed by atoms with Gasteiger partial charge in [-0.3, -0.25) is 14.5 Å². The molecule has 0 radical (unpaired) electrons. The van der Waals surface area contributed by atoms with Gasteiger partial charge in [0.25, 0.3) is 0 Å². The van der Waals surface area contributed by atoms with Crippen LogP contribution in [0.15, 0.2) is 30.3 Å². The van der Waals surface area contributed by atoms with Crippen LogP contribution in [0.1, 0.15) is 46.1 Å². The number of hydrogen-bond acceptors (Lipinski definition) is 3. The van der Waals surface area contributed by atoms with Gasteiger partial charge in [0.15, 0.2) is 0 Å². The number of nitrogens with one attached hydrogen (secondary N) is 2. The van der Waals surface area contributed by atoms with Crippen molar-refractivity contribution in [3.8, 4) is 0 Å². The summed E-state index contributed by atoms with van der Waals surface area (Å²) in [5, 5.41) is 5.86. The van der Waals surface area contributed by atoms with Crippen molar-refractivity contribution in [2.24, 2.45) is 0 Å². The highest BCUT2D eigenvalue weighted by molar-refractivity contribution is 5.83. The summed E-state index contributed by atoms with van der Waals surface area (Å²) in [4.78, 5) is 26.2. The van der Waals surface area contributed by atoms with Gasteiger partial charge >= 0.3 is 0 Å². The number of nitrogens with zero attached hydrogens (tertiary/aromatic N) is 1. The largest absolute Gasteiger partial charge is 0.354 e. The predicted molar refractivity (Wildman–Crippen MR) is 97.9 cm³/mol. The van der Waals surface area contributed by atoms with E-state index in [1.165, 1.54) is 5.56 Å². The third-order valence-corrected chi connectivity index (χ3v) is 4.08. The topological polar surface area (TPSA) is 61.4 Å². The molecule has 134 valence electrons. The maximum Gasteiger partial charge on any atom is 0.237 e. The lowest BCUT2D eigenvalue weighted by Gasteiger charge is -2.27. The second kappa shape index (κ2) is 10.1. The lowest BCUT2D eigenvalue weighted by Crippen LogP contribution is -2.49. The Morgan fingerprint density at radius 3 is 2.25 bits per heavy atom. The molecule has 0 bridgehead atoms. The Hall–Kier alpha value is -1.88. The van der Waals surface area contributed by atoms with Crippen LogP contribution in [-0.4, -0.2) is 48.4 Å². The summed E-state index contributed by atoms with van der Waals surface area (Å²) < 4.78 is 0. The SMILES string of the molecule is CCN(CC(=O)NC(C)C)C(C)C(=O)NCC(C)c1ccccc1. The van der Waals surface area contributed by atoms with E-state index < -0.39 is 0 Å². The molecule has 0 fully saturated rings. The molecule has 1 rings (SSSR count). The van der Waals surface area contributed by atoms with Crippen LogP contribution in [0.5, 0.6) is 0 Å². The molecular formula is C19H31N3O2. The van der Waals surface area contributed by atoms with Gasteiger partial charge in [0.2, 0.25) is 11.8 Å². The minimum Gasteiger partial charge on any atom is -0.354 e. The highest BCUT2D eigenvalue weighted by Crippen LogP contribution is 2.13. The van der Waals surface area contributed by atoms with Crippen LogP contribution in [0, 0.1) is 0 Å². The molecule has 0 aliphatic carbocycles. The maximum absolute atomic E-state index is 12.4. The van der Waals surface area contributed by atoms with Crippen LogP contribution in [-0.2, 0) is 9.59 Å². The Morgan fingerprint density at radius 1 is 1.08 bits per heavy atom. The number of carbonyl (C=O) groups excluding carboxylic acids is 2. The van der Waals surface area contributed by atoms with E-state index in [9.17, 15) is 9.59 Å². The summed E-state index contributed by atoms with van der Waals surface area (Å²) in [6.45, 7) is 11.2. The summed E-state index contributed by atoms with van der Waals surface area (Å²) in [6, 6.07) is 9.88. The Morgan fingerprint density at radius 2 is 1.71 bits per heavy atom. The molecule has 2 amide bonds. The zero-order chi connectivity index (χ0) is 18.1. The second-order valence-corrected chi connectivity index (χ2v) is 6.52. The Bertz CT molecular complexity index is 517. The maximum atomic E-state index is 12.4.